The van der Waals surface area contributed by atoms with Crippen LogP contribution in [0.1, 0.15) is 6.42 Å². The van der Waals surface area contributed by atoms with Crippen LogP contribution in [0.5, 0.6) is 0 Å². The highest BCUT2D eigenvalue weighted by atomic mass is 16.1. The third-order valence-electron chi connectivity index (χ3n) is 2.44. The molecule has 2 aromatic rings. The van der Waals surface area contributed by atoms with Crippen molar-refractivity contribution in [3.63, 3.8) is 0 Å². The molecule has 0 atom stereocenters. The number of nitrogens with one attached hydrogen (secondary N) is 2. The molecule has 4 N–H and O–H groups in total. The second-order valence-electron chi connectivity index (χ2n) is 3.64. The van der Waals surface area contributed by atoms with Gasteiger partial charge in [-0.05, 0) is 13.0 Å². The quantitative estimate of drug-likeness (QED) is 0.583. The molecule has 0 aromatic carbocycles. The summed E-state index contributed by atoms with van der Waals surface area (Å²) in [5.74, 6) is 0.406. The molecule has 0 unspecified atom stereocenters. The van der Waals surface area contributed by atoms with E-state index < -0.39 is 0 Å². The van der Waals surface area contributed by atoms with Gasteiger partial charge in [0.2, 0.25) is 5.95 Å². The van der Waals surface area contributed by atoms with E-state index in [-0.39, 0.29) is 11.1 Å². The monoisotopic (exact) mass is 249 g/mol. The first kappa shape index (κ1) is 12.4. The van der Waals surface area contributed by atoms with E-state index in [0.29, 0.717) is 24.7 Å². The molecule has 0 aliphatic carbocycles. The molecule has 0 saturated heterocycles. The van der Waals surface area contributed by atoms with E-state index >= 15 is 0 Å². The number of rotatable bonds is 5. The van der Waals surface area contributed by atoms with Crippen molar-refractivity contribution in [2.75, 3.05) is 25.1 Å². The van der Waals surface area contributed by atoms with Crippen molar-refractivity contribution in [1.29, 1.82) is 0 Å². The minimum Gasteiger partial charge on any atom is -0.330 e. The lowest BCUT2D eigenvalue weighted by molar-refractivity contribution is 0.649. The first-order valence-electron chi connectivity index (χ1n) is 5.62. The summed E-state index contributed by atoms with van der Waals surface area (Å²) in [7, 11) is 1.75. The number of nitrogens with two attached hydrogens (primary N) is 1. The summed E-state index contributed by atoms with van der Waals surface area (Å²) in [6.07, 6.45) is 3.74. The van der Waals surface area contributed by atoms with Gasteiger partial charge in [-0.15, -0.1) is 0 Å². The normalized spacial score (nSPS) is 10.8. The molecule has 0 fully saturated rings. The van der Waals surface area contributed by atoms with Gasteiger partial charge in [0, 0.05) is 26.0 Å². The second-order valence-corrected chi connectivity index (χ2v) is 3.64. The fourth-order valence-corrected chi connectivity index (χ4v) is 1.56. The van der Waals surface area contributed by atoms with Gasteiger partial charge < -0.3 is 5.73 Å². The molecule has 2 rings (SSSR count). The largest absolute Gasteiger partial charge is 0.330 e. The second kappa shape index (κ2) is 5.52. The molecule has 8 heteroatoms. The summed E-state index contributed by atoms with van der Waals surface area (Å²) in [5, 5.41) is 1.71. The summed E-state index contributed by atoms with van der Waals surface area (Å²) < 4.78 is 0. The van der Waals surface area contributed by atoms with Crippen molar-refractivity contribution in [3.8, 4) is 0 Å². The van der Waals surface area contributed by atoms with E-state index in [1.165, 1.54) is 12.4 Å². The van der Waals surface area contributed by atoms with Crippen LogP contribution in [0.3, 0.4) is 0 Å². The molecule has 18 heavy (non-hydrogen) atoms. The molecule has 0 saturated carbocycles. The Morgan fingerprint density at radius 1 is 1.44 bits per heavy atom. The molecule has 0 aliphatic rings. The van der Waals surface area contributed by atoms with Crippen LogP contribution in [-0.2, 0) is 0 Å². The highest BCUT2D eigenvalue weighted by Crippen LogP contribution is 2.06. The SMILES string of the molecule is CNN(CCCN)c1nc2nccnc2c(=O)[nH]1. The van der Waals surface area contributed by atoms with E-state index in [0.717, 1.165) is 6.42 Å². The first-order chi connectivity index (χ1) is 8.76. The molecule has 0 aliphatic heterocycles. The molecule has 2 aromatic heterocycles. The van der Waals surface area contributed by atoms with Crippen LogP contribution in [-0.4, -0.2) is 40.1 Å². The van der Waals surface area contributed by atoms with Crippen molar-refractivity contribution < 1.29 is 0 Å². The van der Waals surface area contributed by atoms with Crippen molar-refractivity contribution in [2.24, 2.45) is 5.73 Å². The number of aromatic amines is 1. The van der Waals surface area contributed by atoms with Gasteiger partial charge in [0.25, 0.3) is 5.56 Å². The number of H-pyrrole nitrogens is 1. The fourth-order valence-electron chi connectivity index (χ4n) is 1.56. The van der Waals surface area contributed by atoms with Crippen LogP contribution in [0.15, 0.2) is 17.2 Å². The maximum absolute atomic E-state index is 11.8. The van der Waals surface area contributed by atoms with Crippen molar-refractivity contribution in [2.45, 2.75) is 6.42 Å². The Hall–Kier alpha value is -2.06. The van der Waals surface area contributed by atoms with Gasteiger partial charge >= 0.3 is 0 Å². The Bertz CT molecular complexity index is 582. The Kier molecular flexibility index (Phi) is 3.80. The highest BCUT2D eigenvalue weighted by molar-refractivity contribution is 5.68. The summed E-state index contributed by atoms with van der Waals surface area (Å²) in [6.45, 7) is 1.21. The summed E-state index contributed by atoms with van der Waals surface area (Å²) in [5.41, 5.74) is 8.65. The van der Waals surface area contributed by atoms with Crippen LogP contribution in [0.2, 0.25) is 0 Å². The van der Waals surface area contributed by atoms with E-state index in [1.54, 1.807) is 12.1 Å². The van der Waals surface area contributed by atoms with Gasteiger partial charge in [-0.3, -0.25) is 14.8 Å². The molecule has 96 valence electrons. The molecule has 8 nitrogen and oxygen atoms in total. The van der Waals surface area contributed by atoms with E-state index in [4.69, 9.17) is 5.73 Å². The maximum Gasteiger partial charge on any atom is 0.280 e. The molecular weight excluding hydrogens is 234 g/mol. The maximum atomic E-state index is 11.8. The van der Waals surface area contributed by atoms with Gasteiger partial charge in [0.05, 0.1) is 0 Å². The molecule has 0 radical (unpaired) electrons. The van der Waals surface area contributed by atoms with Gasteiger partial charge in [-0.2, -0.15) is 4.98 Å². The van der Waals surface area contributed by atoms with E-state index in [1.807, 2.05) is 0 Å². The average molecular weight is 249 g/mol. The topological polar surface area (TPSA) is 113 Å². The van der Waals surface area contributed by atoms with Crippen LogP contribution in [0, 0.1) is 0 Å². The Morgan fingerprint density at radius 2 is 2.22 bits per heavy atom. The van der Waals surface area contributed by atoms with Crippen LogP contribution >= 0.6 is 0 Å². The summed E-state index contributed by atoms with van der Waals surface area (Å²) >= 11 is 0. The van der Waals surface area contributed by atoms with Crippen molar-refractivity contribution in [1.82, 2.24) is 25.4 Å². The van der Waals surface area contributed by atoms with Crippen LogP contribution in [0.4, 0.5) is 5.95 Å². The summed E-state index contributed by atoms with van der Waals surface area (Å²) in [4.78, 5) is 26.7. The number of anilines is 1. The van der Waals surface area contributed by atoms with Gasteiger partial charge in [0.15, 0.2) is 11.2 Å². The number of nitrogens with zero attached hydrogens (tertiary/aromatic N) is 4. The molecule has 0 amide bonds. The molecule has 0 spiro atoms. The smallest absolute Gasteiger partial charge is 0.280 e. The highest BCUT2D eigenvalue weighted by Gasteiger charge is 2.10. The van der Waals surface area contributed by atoms with E-state index in [9.17, 15) is 4.79 Å². The van der Waals surface area contributed by atoms with Crippen molar-refractivity contribution in [3.05, 3.63) is 22.7 Å². The summed E-state index contributed by atoms with van der Waals surface area (Å²) in [6, 6.07) is 0. The Morgan fingerprint density at radius 3 is 2.94 bits per heavy atom. The van der Waals surface area contributed by atoms with Crippen LogP contribution in [0.25, 0.3) is 11.2 Å². The lowest BCUT2D eigenvalue weighted by Crippen LogP contribution is -2.39. The molecule has 0 bridgehead atoms. The third-order valence-corrected chi connectivity index (χ3v) is 2.44. The van der Waals surface area contributed by atoms with Gasteiger partial charge in [0.1, 0.15) is 0 Å². The zero-order chi connectivity index (χ0) is 13.0. The first-order valence-corrected chi connectivity index (χ1v) is 5.62. The lowest BCUT2D eigenvalue weighted by atomic mass is 10.4. The number of fused-ring (bicyclic) bond motifs is 1. The van der Waals surface area contributed by atoms with Crippen LogP contribution < -0.4 is 21.7 Å². The standard InChI is InChI=1S/C10H15N7O/c1-12-17(6-2-3-11)10-15-8-7(9(18)16-10)13-4-5-14-8/h4-5,12H,2-3,6,11H2,1H3,(H,14,15,16,18). The number of hydrogen-bond donors (Lipinski definition) is 3. The minimum absolute atomic E-state index is 0.233. The number of hydrazine groups is 1. The van der Waals surface area contributed by atoms with Gasteiger partial charge in [-0.25, -0.2) is 15.4 Å². The Labute approximate surface area is 103 Å². The lowest BCUT2D eigenvalue weighted by Gasteiger charge is -2.21. The fraction of sp³-hybridized carbons (Fsp3) is 0.400. The third kappa shape index (κ3) is 2.44. The van der Waals surface area contributed by atoms with Gasteiger partial charge in [-0.1, -0.05) is 0 Å². The molecule has 2 heterocycles. The predicted molar refractivity (Wildman–Crippen MR) is 68.0 cm³/mol. The average Bonchev–Trinajstić information content (AvgIpc) is 2.40. The predicted octanol–water partition coefficient (Wildman–Crippen LogP) is -0.997. The zero-order valence-corrected chi connectivity index (χ0v) is 10.1. The van der Waals surface area contributed by atoms with Crippen molar-refractivity contribution >= 4 is 17.1 Å². The van der Waals surface area contributed by atoms with E-state index in [2.05, 4.69) is 25.4 Å². The minimum atomic E-state index is -0.309. The molecular formula is C10H15N7O. The number of aromatic nitrogens is 4. The zero-order valence-electron chi connectivity index (χ0n) is 10.1. The Balaban J connectivity index is 2.41. The number of hydrogen-bond acceptors (Lipinski definition) is 7.